The smallest absolute Gasteiger partial charge is 0.252 e. The van der Waals surface area contributed by atoms with Crippen molar-refractivity contribution in [3.05, 3.63) is 176 Å². The van der Waals surface area contributed by atoms with Crippen LogP contribution in [0.3, 0.4) is 0 Å². The van der Waals surface area contributed by atoms with Crippen LogP contribution in [-0.4, -0.2) is 14.8 Å². The number of nitrogens with zero attached hydrogens (tertiary/aromatic N) is 2. The SMILES string of the molecule is [2H]c1c([2H])c(C(C)(C)C)c([2H])c([2H])c1-c1c([2H])c(C(C)(C)C)c([2H])c([2H])c1N1c2c([2H])c([2H])c(C(C)(C)C)c([2H])c2B2c3c1c([2H])c(C1c4ccc([Si](C)(C)C)cc4C4(C)CCCCC14C)c([2H])c3N(c1c([2H])c([2H])c(C(C)(C)C)c([2H])c1[2H])c1c2c([2H])c2sc3c(c2c1[2H])C1(C)CCC3(C)CC1. The normalized spacial score (nSPS) is 27.2. The standard InChI is InChI=1S/C80H95BN2SSi/c1-73(2,3)51-24-22-49(23-25-51)58-44-53(75(7,8)9)28-34-63(58)83-64-35-29-54(76(10,11)12)45-61(64)81-62-48-68-59(70-72(84-68)78(14)40-38-77(70,13)39-41-78)47-65(62)82(55-30-26-52(27-31-55)74(4,5)6)66-42-50(43-67(83)71(66)81)69-57-33-32-56(85(17,18)19)46-60(57)79(15)36-20-21-37-80(69,79)16/h22-35,42-48,69H,20-21,36-41H2,1-19H3/i22D,23D,24D,25D,26D,27D,28D,29D,30D,31D,34D,35D,42D,43D,44D,45D,47D,48D. The van der Waals surface area contributed by atoms with Crippen molar-refractivity contribution in [3.8, 4) is 11.1 Å². The summed E-state index contributed by atoms with van der Waals surface area (Å²) in [5.74, 6) is -0.831. The zero-order valence-corrected chi connectivity index (χ0v) is 55.7. The molecule has 0 radical (unpaired) electrons. The van der Waals surface area contributed by atoms with Crippen LogP contribution in [0.5, 0.6) is 0 Å². The van der Waals surface area contributed by atoms with E-state index in [0.29, 0.717) is 16.5 Å². The van der Waals surface area contributed by atoms with Crippen LogP contribution in [0.4, 0.5) is 34.1 Å². The summed E-state index contributed by atoms with van der Waals surface area (Å²) in [5, 5.41) is 1.71. The van der Waals surface area contributed by atoms with E-state index in [1.807, 2.05) is 41.5 Å². The van der Waals surface area contributed by atoms with E-state index in [0.717, 1.165) is 66.5 Å². The second-order valence-electron chi connectivity index (χ2n) is 32.4. The Bertz CT molecular complexity index is 5110. The average Bonchev–Trinajstić information content (AvgIpc) is 1.62. The predicted molar refractivity (Wildman–Crippen MR) is 374 cm³/mol. The van der Waals surface area contributed by atoms with E-state index in [2.05, 4.69) is 65.5 Å². The van der Waals surface area contributed by atoms with Crippen LogP contribution in [0, 0.1) is 5.41 Å². The van der Waals surface area contributed by atoms with Gasteiger partial charge in [-0.25, -0.2) is 0 Å². The third-order valence-electron chi connectivity index (χ3n) is 21.2. The Morgan fingerprint density at radius 3 is 1.69 bits per heavy atom. The van der Waals surface area contributed by atoms with Crippen LogP contribution in [0.2, 0.25) is 19.6 Å². The van der Waals surface area contributed by atoms with E-state index in [1.165, 1.54) is 26.3 Å². The molecule has 5 heteroatoms. The molecule has 0 amide bonds. The van der Waals surface area contributed by atoms with Crippen molar-refractivity contribution in [1.29, 1.82) is 0 Å². The maximum Gasteiger partial charge on any atom is 0.252 e. The van der Waals surface area contributed by atoms with Gasteiger partial charge in [-0.3, -0.25) is 0 Å². The predicted octanol–water partition coefficient (Wildman–Crippen LogP) is 20.5. The molecule has 1 aromatic heterocycles. The van der Waals surface area contributed by atoms with Crippen molar-refractivity contribution in [2.24, 2.45) is 5.41 Å². The highest BCUT2D eigenvalue weighted by atomic mass is 32.1. The van der Waals surface area contributed by atoms with E-state index >= 15 is 0 Å². The molecular formula is C80H95BN2SSi. The van der Waals surface area contributed by atoms with Gasteiger partial charge in [0.15, 0.2) is 0 Å². The Morgan fingerprint density at radius 2 is 1.08 bits per heavy atom. The summed E-state index contributed by atoms with van der Waals surface area (Å²) in [6, 6.07) is -0.552. The number of hydrogen-bond acceptors (Lipinski definition) is 3. The lowest BCUT2D eigenvalue weighted by Crippen LogP contribution is -2.61. The molecule has 438 valence electrons. The lowest BCUT2D eigenvalue weighted by Gasteiger charge is -2.50. The molecule has 85 heavy (non-hydrogen) atoms. The largest absolute Gasteiger partial charge is 0.311 e. The number of hydrogen-bond donors (Lipinski definition) is 0. The summed E-state index contributed by atoms with van der Waals surface area (Å²) in [7, 11) is -2.05. The monoisotopic (exact) mass is 1170 g/mol. The van der Waals surface area contributed by atoms with Crippen LogP contribution >= 0.6 is 11.3 Å². The first-order chi connectivity index (χ1) is 47.3. The summed E-state index contributed by atoms with van der Waals surface area (Å²) in [5.41, 5.74) is -4.92. The van der Waals surface area contributed by atoms with Crippen molar-refractivity contribution in [1.82, 2.24) is 0 Å². The van der Waals surface area contributed by atoms with Gasteiger partial charge in [-0.1, -0.05) is 221 Å². The topological polar surface area (TPSA) is 6.48 Å². The molecule has 0 spiro atoms. The van der Waals surface area contributed by atoms with Crippen molar-refractivity contribution < 1.29 is 24.7 Å². The molecule has 15 rings (SSSR count). The summed E-state index contributed by atoms with van der Waals surface area (Å²) in [4.78, 5) is 3.92. The summed E-state index contributed by atoms with van der Waals surface area (Å²) in [6.45, 7) is 35.9. The van der Waals surface area contributed by atoms with E-state index in [-0.39, 0.29) is 126 Å². The molecule has 7 aliphatic rings. The van der Waals surface area contributed by atoms with Gasteiger partial charge >= 0.3 is 0 Å². The third kappa shape index (κ3) is 8.54. The summed E-state index contributed by atoms with van der Waals surface area (Å²) < 4.78 is 192. The maximum atomic E-state index is 11.8. The quantitative estimate of drug-likeness (QED) is 0.159. The van der Waals surface area contributed by atoms with Crippen LogP contribution < -0.4 is 31.4 Å². The highest BCUT2D eigenvalue weighted by Gasteiger charge is 2.59. The zero-order chi connectivity index (χ0) is 76.0. The highest BCUT2D eigenvalue weighted by Crippen LogP contribution is 2.68. The molecule has 3 atom stereocenters. The second kappa shape index (κ2) is 18.5. The lowest BCUT2D eigenvalue weighted by atomic mass is 9.33. The molecule has 0 N–H and O–H groups in total. The van der Waals surface area contributed by atoms with Crippen LogP contribution in [0.15, 0.2) is 127 Å². The molecule has 0 saturated heterocycles. The maximum absolute atomic E-state index is 11.8. The highest BCUT2D eigenvalue weighted by molar-refractivity contribution is 7.19. The van der Waals surface area contributed by atoms with E-state index in [9.17, 15) is 24.7 Å². The molecule has 2 aliphatic heterocycles. The van der Waals surface area contributed by atoms with Gasteiger partial charge in [-0.15, -0.1) is 11.3 Å². The molecule has 3 heterocycles. The first-order valence-electron chi connectivity index (χ1n) is 40.3. The van der Waals surface area contributed by atoms with Gasteiger partial charge in [-0.05, 0) is 203 Å². The molecule has 8 aromatic rings. The molecule has 5 aliphatic carbocycles. The van der Waals surface area contributed by atoms with E-state index in [4.69, 9.17) is 0 Å². The minimum absolute atomic E-state index is 0.00312. The van der Waals surface area contributed by atoms with Gasteiger partial charge in [0.05, 0.1) is 38.4 Å². The Kier molecular flexibility index (Phi) is 8.70. The Labute approximate surface area is 542 Å². The van der Waals surface area contributed by atoms with Crippen molar-refractivity contribution in [3.63, 3.8) is 0 Å². The number of fused-ring (bicyclic) bond motifs is 10. The molecule has 7 aromatic carbocycles. The molecule has 2 saturated carbocycles. The zero-order valence-electron chi connectivity index (χ0n) is 71.8. The molecule has 2 bridgehead atoms. The van der Waals surface area contributed by atoms with Gasteiger partial charge < -0.3 is 9.80 Å². The van der Waals surface area contributed by atoms with Crippen LogP contribution in [0.25, 0.3) is 21.2 Å². The lowest BCUT2D eigenvalue weighted by molar-refractivity contribution is 0.0924. The van der Waals surface area contributed by atoms with Gasteiger partial charge in [0.1, 0.15) is 0 Å². The van der Waals surface area contributed by atoms with Crippen molar-refractivity contribution in [2.75, 3.05) is 9.80 Å². The Hall–Kier alpha value is -5.62. The molecule has 2 nitrogen and oxygen atoms in total. The molecule has 3 unspecified atom stereocenters. The number of rotatable bonds is 5. The van der Waals surface area contributed by atoms with Crippen molar-refractivity contribution >= 4 is 91.9 Å². The minimum Gasteiger partial charge on any atom is -0.311 e. The van der Waals surface area contributed by atoms with Gasteiger partial charge in [0.25, 0.3) is 6.71 Å². The van der Waals surface area contributed by atoms with Crippen LogP contribution in [0.1, 0.15) is 242 Å². The van der Waals surface area contributed by atoms with Gasteiger partial charge in [0, 0.05) is 54.9 Å². The molecular weight excluding hydrogens is 1060 g/mol. The van der Waals surface area contributed by atoms with Crippen molar-refractivity contribution in [2.45, 2.75) is 226 Å². The van der Waals surface area contributed by atoms with Crippen LogP contribution in [-0.2, 0) is 37.9 Å². The van der Waals surface area contributed by atoms with Gasteiger partial charge in [-0.2, -0.15) is 0 Å². The Balaban J connectivity index is 1.31. The van der Waals surface area contributed by atoms with E-state index < -0.39 is 136 Å². The first kappa shape index (κ1) is 40.0. The van der Waals surface area contributed by atoms with Gasteiger partial charge in [0.2, 0.25) is 0 Å². The summed E-state index contributed by atoms with van der Waals surface area (Å²) >= 11 is 1.46. The number of thiophene rings is 1. The fourth-order valence-corrected chi connectivity index (χ4v) is 18.2. The average molecular weight is 1170 g/mol. The Morgan fingerprint density at radius 1 is 0.541 bits per heavy atom. The second-order valence-corrected chi connectivity index (χ2v) is 38.5. The number of anilines is 6. The fraction of sp³-hybridized carbons (Fsp3) is 0.450. The third-order valence-corrected chi connectivity index (χ3v) is 24.7. The molecule has 2 fully saturated rings. The fourth-order valence-electron chi connectivity index (χ4n) is 15.5. The summed E-state index contributed by atoms with van der Waals surface area (Å²) in [6.07, 6.45) is 6.42. The van der Waals surface area contributed by atoms with E-state index in [1.54, 1.807) is 41.5 Å². The first-order valence-corrected chi connectivity index (χ1v) is 35.7. The number of benzene rings is 7. The minimum atomic E-state index is -2.05.